The third-order valence-corrected chi connectivity index (χ3v) is 4.73. The first-order valence-corrected chi connectivity index (χ1v) is 8.76. The highest BCUT2D eigenvalue weighted by Gasteiger charge is 2.28. The Morgan fingerprint density at radius 2 is 2.28 bits per heavy atom. The van der Waals surface area contributed by atoms with Crippen molar-refractivity contribution < 1.29 is 4.79 Å². The maximum Gasteiger partial charge on any atom is 0.320 e. The SMILES string of the molecule is [C-]#[N+][C@H]1CCCN1c1ccc(CNC(=O)Nc2csc(C#C)n2)cc1. The highest BCUT2D eigenvalue weighted by atomic mass is 32.1. The van der Waals surface area contributed by atoms with Gasteiger partial charge in [-0.15, -0.1) is 17.8 Å². The van der Waals surface area contributed by atoms with E-state index in [4.69, 9.17) is 13.0 Å². The Hall–Kier alpha value is -3.03. The van der Waals surface area contributed by atoms with Crippen molar-refractivity contribution in [3.63, 3.8) is 0 Å². The first kappa shape index (κ1) is 16.8. The van der Waals surface area contributed by atoms with Gasteiger partial charge in [0.1, 0.15) is 5.82 Å². The van der Waals surface area contributed by atoms with Crippen LogP contribution in [0.15, 0.2) is 29.6 Å². The number of terminal acetylenes is 1. The fourth-order valence-corrected chi connectivity index (χ4v) is 3.28. The summed E-state index contributed by atoms with van der Waals surface area (Å²) in [5.41, 5.74) is 2.04. The van der Waals surface area contributed by atoms with Crippen molar-refractivity contribution >= 4 is 28.9 Å². The molecule has 1 aliphatic heterocycles. The quantitative estimate of drug-likeness (QED) is 0.656. The van der Waals surface area contributed by atoms with Crippen molar-refractivity contribution in [1.82, 2.24) is 10.3 Å². The van der Waals surface area contributed by atoms with E-state index in [1.54, 1.807) is 5.38 Å². The fraction of sp³-hybridized carbons (Fsp3) is 0.278. The van der Waals surface area contributed by atoms with E-state index in [1.165, 1.54) is 11.3 Å². The van der Waals surface area contributed by atoms with E-state index in [1.807, 2.05) is 24.3 Å². The highest BCUT2D eigenvalue weighted by Crippen LogP contribution is 2.26. The lowest BCUT2D eigenvalue weighted by molar-refractivity contribution is 0.251. The standard InChI is InChI=1S/C18H17N5OS/c1-3-17-21-15(12-25-17)22-18(24)20-11-13-6-8-14(9-7-13)23-10-4-5-16(23)19-2/h1,6-9,12,16H,4-5,10-11H2,(H2,20,22,24)/t16-/m1/s1. The number of amides is 2. The van der Waals surface area contributed by atoms with Gasteiger partial charge in [-0.05, 0) is 30.0 Å². The van der Waals surface area contributed by atoms with Gasteiger partial charge < -0.3 is 10.2 Å². The normalized spacial score (nSPS) is 16.1. The van der Waals surface area contributed by atoms with Crippen molar-refractivity contribution in [2.45, 2.75) is 25.6 Å². The Kier molecular flexibility index (Phi) is 5.17. The molecular formula is C18H17N5OS. The molecule has 0 radical (unpaired) electrons. The number of nitrogens with zero attached hydrogens (tertiary/aromatic N) is 3. The predicted molar refractivity (Wildman–Crippen MR) is 99.3 cm³/mol. The second-order valence-corrected chi connectivity index (χ2v) is 6.46. The number of carbonyl (C=O) groups excluding carboxylic acids is 1. The molecule has 3 rings (SSSR count). The van der Waals surface area contributed by atoms with Crippen LogP contribution in [-0.2, 0) is 6.54 Å². The number of nitrogens with one attached hydrogen (secondary N) is 2. The Morgan fingerprint density at radius 1 is 1.48 bits per heavy atom. The maximum atomic E-state index is 11.9. The van der Waals surface area contributed by atoms with Crippen LogP contribution in [0.3, 0.4) is 0 Å². The van der Waals surface area contributed by atoms with E-state index in [9.17, 15) is 4.79 Å². The van der Waals surface area contributed by atoms with Crippen LogP contribution in [-0.4, -0.2) is 23.7 Å². The Balaban J connectivity index is 1.52. The van der Waals surface area contributed by atoms with Crippen molar-refractivity contribution in [2.24, 2.45) is 0 Å². The van der Waals surface area contributed by atoms with Crippen molar-refractivity contribution in [2.75, 3.05) is 16.8 Å². The second kappa shape index (κ2) is 7.69. The predicted octanol–water partition coefficient (Wildman–Crippen LogP) is 3.29. The van der Waals surface area contributed by atoms with Gasteiger partial charge in [-0.1, -0.05) is 12.1 Å². The van der Waals surface area contributed by atoms with Crippen LogP contribution in [0.25, 0.3) is 4.85 Å². The van der Waals surface area contributed by atoms with Crippen LogP contribution in [0.2, 0.25) is 0 Å². The van der Waals surface area contributed by atoms with Crippen molar-refractivity contribution in [3.8, 4) is 12.3 Å². The van der Waals surface area contributed by atoms with Crippen LogP contribution in [0.1, 0.15) is 23.4 Å². The molecule has 0 aliphatic carbocycles. The molecule has 2 aromatic rings. The summed E-state index contributed by atoms with van der Waals surface area (Å²) < 4.78 is 0. The molecule has 0 spiro atoms. The molecule has 1 aromatic carbocycles. The second-order valence-electron chi connectivity index (χ2n) is 5.60. The minimum atomic E-state index is -0.328. The molecule has 2 N–H and O–H groups in total. The third-order valence-electron chi connectivity index (χ3n) is 3.96. The molecule has 25 heavy (non-hydrogen) atoms. The van der Waals surface area contributed by atoms with Crippen molar-refractivity contribution in [3.05, 3.63) is 51.6 Å². The molecule has 6 nitrogen and oxygen atoms in total. The molecule has 1 aliphatic rings. The molecule has 1 aromatic heterocycles. The summed E-state index contributed by atoms with van der Waals surface area (Å²) in [5, 5.41) is 7.67. The van der Waals surface area contributed by atoms with E-state index >= 15 is 0 Å². The van der Waals surface area contributed by atoms with E-state index in [2.05, 4.69) is 31.3 Å². The summed E-state index contributed by atoms with van der Waals surface area (Å²) in [7, 11) is 0. The topological polar surface area (TPSA) is 61.6 Å². The molecule has 0 bridgehead atoms. The van der Waals surface area contributed by atoms with E-state index in [0.29, 0.717) is 17.4 Å². The number of carbonyl (C=O) groups is 1. The van der Waals surface area contributed by atoms with Crippen molar-refractivity contribution in [1.29, 1.82) is 0 Å². The van der Waals surface area contributed by atoms with Gasteiger partial charge in [0.05, 0.1) is 0 Å². The number of benzene rings is 1. The van der Waals surface area contributed by atoms with Gasteiger partial charge in [-0.25, -0.2) is 16.4 Å². The molecule has 1 saturated heterocycles. The number of hydrogen-bond acceptors (Lipinski definition) is 4. The van der Waals surface area contributed by atoms with Gasteiger partial charge in [0.2, 0.25) is 0 Å². The zero-order chi connectivity index (χ0) is 17.6. The smallest absolute Gasteiger partial charge is 0.320 e. The van der Waals surface area contributed by atoms with Gasteiger partial charge in [0.15, 0.2) is 5.01 Å². The van der Waals surface area contributed by atoms with E-state index < -0.39 is 0 Å². The average molecular weight is 351 g/mol. The summed E-state index contributed by atoms with van der Waals surface area (Å²) in [6.07, 6.45) is 7.17. The lowest BCUT2D eigenvalue weighted by atomic mass is 10.2. The van der Waals surface area contributed by atoms with Gasteiger partial charge >= 0.3 is 6.03 Å². The molecule has 7 heteroatoms. The number of aromatic nitrogens is 1. The summed E-state index contributed by atoms with van der Waals surface area (Å²) >= 11 is 1.31. The Morgan fingerprint density at radius 3 is 2.96 bits per heavy atom. The molecule has 2 amide bonds. The zero-order valence-electron chi connectivity index (χ0n) is 13.5. The summed E-state index contributed by atoms with van der Waals surface area (Å²) in [5.74, 6) is 2.88. The van der Waals surface area contributed by atoms with Crippen LogP contribution in [0.5, 0.6) is 0 Å². The highest BCUT2D eigenvalue weighted by molar-refractivity contribution is 7.10. The minimum absolute atomic E-state index is 0.0548. The van der Waals surface area contributed by atoms with Crippen LogP contribution in [0, 0.1) is 18.9 Å². The molecule has 0 saturated carbocycles. The molecule has 1 atom stereocenters. The molecular weight excluding hydrogens is 334 g/mol. The number of thiazole rings is 1. The molecule has 1 fully saturated rings. The maximum absolute atomic E-state index is 11.9. The number of urea groups is 1. The summed E-state index contributed by atoms with van der Waals surface area (Å²) in [6.45, 7) is 8.58. The number of hydrogen-bond donors (Lipinski definition) is 2. The molecule has 2 heterocycles. The first-order valence-electron chi connectivity index (χ1n) is 7.89. The molecule has 0 unspecified atom stereocenters. The van der Waals surface area contributed by atoms with Crippen LogP contribution in [0.4, 0.5) is 16.3 Å². The average Bonchev–Trinajstić information content (AvgIpc) is 3.29. The van der Waals surface area contributed by atoms with E-state index in [-0.39, 0.29) is 12.2 Å². The zero-order valence-corrected chi connectivity index (χ0v) is 14.3. The van der Waals surface area contributed by atoms with Gasteiger partial charge in [0, 0.05) is 30.6 Å². The van der Waals surface area contributed by atoms with Crippen LogP contribution < -0.4 is 15.5 Å². The molecule has 126 valence electrons. The Labute approximate surface area is 150 Å². The fourth-order valence-electron chi connectivity index (χ4n) is 2.73. The summed E-state index contributed by atoms with van der Waals surface area (Å²) in [4.78, 5) is 21.8. The third kappa shape index (κ3) is 4.09. The summed E-state index contributed by atoms with van der Waals surface area (Å²) in [6, 6.07) is 7.60. The van der Waals surface area contributed by atoms with Gasteiger partial charge in [-0.2, -0.15) is 0 Å². The first-order chi connectivity index (χ1) is 12.2. The largest absolute Gasteiger partial charge is 0.334 e. The van der Waals surface area contributed by atoms with Gasteiger partial charge in [-0.3, -0.25) is 10.2 Å². The minimum Gasteiger partial charge on any atom is -0.334 e. The lowest BCUT2D eigenvalue weighted by Gasteiger charge is -2.18. The monoisotopic (exact) mass is 351 g/mol. The number of anilines is 2. The van der Waals surface area contributed by atoms with Crippen LogP contribution >= 0.6 is 11.3 Å². The number of rotatable bonds is 4. The van der Waals surface area contributed by atoms with Gasteiger partial charge in [0.25, 0.3) is 6.17 Å². The lowest BCUT2D eigenvalue weighted by Crippen LogP contribution is -2.28. The van der Waals surface area contributed by atoms with E-state index in [0.717, 1.165) is 30.6 Å². The Bertz CT molecular complexity index is 830.